The Morgan fingerprint density at radius 3 is 2.89 bits per heavy atom. The van der Waals surface area contributed by atoms with Crippen molar-refractivity contribution in [1.82, 2.24) is 0 Å². The van der Waals surface area contributed by atoms with Gasteiger partial charge in [-0.25, -0.2) is 8.42 Å². The van der Waals surface area contributed by atoms with Gasteiger partial charge in [0.15, 0.2) is 0 Å². The molecule has 0 saturated carbocycles. The second-order valence-corrected chi connectivity index (χ2v) is 6.87. The monoisotopic (exact) mass is 290 g/mol. The summed E-state index contributed by atoms with van der Waals surface area (Å²) in [5.41, 5.74) is 0.818. The van der Waals surface area contributed by atoms with Crippen molar-refractivity contribution in [2.75, 3.05) is 13.2 Å². The van der Waals surface area contributed by atoms with Crippen LogP contribution in [0.3, 0.4) is 0 Å². The standard InChI is InChI=1S/C12H15ClO4S/c1-9-4-5-11(12(7-9)18(13,14)15)17-8-10-3-2-6-16-10/h4-5,7,10H,2-3,6,8H2,1H3/t10-/m0/s1. The minimum absolute atomic E-state index is 0.0159. The lowest BCUT2D eigenvalue weighted by Gasteiger charge is -2.13. The van der Waals surface area contributed by atoms with Gasteiger partial charge in [-0.1, -0.05) is 6.07 Å². The average Bonchev–Trinajstić information content (AvgIpc) is 2.79. The van der Waals surface area contributed by atoms with Crippen molar-refractivity contribution in [2.24, 2.45) is 0 Å². The van der Waals surface area contributed by atoms with Crippen molar-refractivity contribution in [3.05, 3.63) is 23.8 Å². The van der Waals surface area contributed by atoms with Crippen molar-refractivity contribution < 1.29 is 17.9 Å². The molecule has 1 aliphatic heterocycles. The Bertz CT molecular complexity index is 521. The van der Waals surface area contributed by atoms with Gasteiger partial charge < -0.3 is 9.47 Å². The van der Waals surface area contributed by atoms with Crippen LogP contribution < -0.4 is 4.74 Å². The Kier molecular flexibility index (Phi) is 4.14. The Hall–Kier alpha value is -0.780. The van der Waals surface area contributed by atoms with E-state index in [2.05, 4.69) is 0 Å². The van der Waals surface area contributed by atoms with Gasteiger partial charge in [-0.3, -0.25) is 0 Å². The zero-order chi connectivity index (χ0) is 13.2. The predicted octanol–water partition coefficient (Wildman–Crippen LogP) is 2.48. The van der Waals surface area contributed by atoms with Crippen LogP contribution in [0.25, 0.3) is 0 Å². The highest BCUT2D eigenvalue weighted by Gasteiger charge is 2.20. The van der Waals surface area contributed by atoms with E-state index in [1.54, 1.807) is 19.1 Å². The van der Waals surface area contributed by atoms with Crippen LogP contribution in [0.4, 0.5) is 0 Å². The summed E-state index contributed by atoms with van der Waals surface area (Å²) in [6.45, 7) is 2.89. The van der Waals surface area contributed by atoms with Crippen LogP contribution in [0.15, 0.2) is 23.1 Å². The molecule has 6 heteroatoms. The average molecular weight is 291 g/mol. The maximum absolute atomic E-state index is 11.5. The lowest BCUT2D eigenvalue weighted by atomic mass is 10.2. The first-order valence-electron chi connectivity index (χ1n) is 5.76. The van der Waals surface area contributed by atoms with Gasteiger partial charge in [-0.15, -0.1) is 0 Å². The molecule has 0 amide bonds. The number of ether oxygens (including phenoxy) is 2. The van der Waals surface area contributed by atoms with Gasteiger partial charge in [0.25, 0.3) is 9.05 Å². The molecule has 1 saturated heterocycles. The molecular weight excluding hydrogens is 276 g/mol. The first-order valence-corrected chi connectivity index (χ1v) is 8.07. The molecule has 18 heavy (non-hydrogen) atoms. The number of halogens is 1. The van der Waals surface area contributed by atoms with Gasteiger partial charge in [-0.2, -0.15) is 0 Å². The van der Waals surface area contributed by atoms with Crippen LogP contribution in [0.2, 0.25) is 0 Å². The molecular formula is C12H15ClO4S. The maximum atomic E-state index is 11.5. The van der Waals surface area contributed by atoms with Crippen molar-refractivity contribution >= 4 is 19.7 Å². The first-order chi connectivity index (χ1) is 8.47. The smallest absolute Gasteiger partial charge is 0.264 e. The van der Waals surface area contributed by atoms with E-state index in [1.807, 2.05) is 0 Å². The second-order valence-electron chi connectivity index (χ2n) is 4.33. The summed E-state index contributed by atoms with van der Waals surface area (Å²) in [5.74, 6) is 0.283. The Labute approximate surface area is 111 Å². The van der Waals surface area contributed by atoms with Crippen LogP contribution in [0, 0.1) is 6.92 Å². The van der Waals surface area contributed by atoms with E-state index in [4.69, 9.17) is 20.2 Å². The summed E-state index contributed by atoms with van der Waals surface area (Å²) in [4.78, 5) is 0.0159. The molecule has 0 aromatic heterocycles. The normalized spacial score (nSPS) is 20.0. The largest absolute Gasteiger partial charge is 0.489 e. The molecule has 0 spiro atoms. The van der Waals surface area contributed by atoms with Crippen molar-refractivity contribution in [1.29, 1.82) is 0 Å². The number of benzene rings is 1. The number of hydrogen-bond donors (Lipinski definition) is 0. The van der Waals surface area contributed by atoms with E-state index in [0.29, 0.717) is 6.61 Å². The molecule has 100 valence electrons. The van der Waals surface area contributed by atoms with Crippen molar-refractivity contribution in [3.63, 3.8) is 0 Å². The van der Waals surface area contributed by atoms with Gasteiger partial charge in [0.1, 0.15) is 17.3 Å². The van der Waals surface area contributed by atoms with E-state index in [9.17, 15) is 8.42 Å². The molecule has 0 N–H and O–H groups in total. The van der Waals surface area contributed by atoms with Crippen LogP contribution in [0.5, 0.6) is 5.75 Å². The molecule has 1 aromatic rings. The zero-order valence-electron chi connectivity index (χ0n) is 10.1. The van der Waals surface area contributed by atoms with Crippen LogP contribution in [-0.2, 0) is 13.8 Å². The van der Waals surface area contributed by atoms with Gasteiger partial charge >= 0.3 is 0 Å². The molecule has 1 heterocycles. The lowest BCUT2D eigenvalue weighted by molar-refractivity contribution is 0.0669. The zero-order valence-corrected chi connectivity index (χ0v) is 11.6. The quantitative estimate of drug-likeness (QED) is 0.800. The summed E-state index contributed by atoms with van der Waals surface area (Å²) in [7, 11) is 1.60. The Morgan fingerprint density at radius 2 is 2.28 bits per heavy atom. The van der Waals surface area contributed by atoms with E-state index >= 15 is 0 Å². The third-order valence-electron chi connectivity index (χ3n) is 2.81. The molecule has 0 aliphatic carbocycles. The van der Waals surface area contributed by atoms with E-state index in [0.717, 1.165) is 25.0 Å². The SMILES string of the molecule is Cc1ccc(OC[C@@H]2CCCO2)c(S(=O)(=O)Cl)c1. The Balaban J connectivity index is 2.16. The fourth-order valence-corrected chi connectivity index (χ4v) is 2.94. The van der Waals surface area contributed by atoms with Crippen molar-refractivity contribution in [3.8, 4) is 5.75 Å². The second kappa shape index (κ2) is 5.47. The third kappa shape index (κ3) is 3.37. The fourth-order valence-electron chi connectivity index (χ4n) is 1.88. The van der Waals surface area contributed by atoms with Crippen LogP contribution in [0.1, 0.15) is 18.4 Å². The molecule has 1 aliphatic rings. The molecule has 0 unspecified atom stereocenters. The van der Waals surface area contributed by atoms with E-state index in [-0.39, 0.29) is 16.7 Å². The van der Waals surface area contributed by atoms with Gasteiger partial charge in [0.2, 0.25) is 0 Å². The molecule has 4 nitrogen and oxygen atoms in total. The Morgan fingerprint density at radius 1 is 1.50 bits per heavy atom. The molecule has 1 atom stereocenters. The topological polar surface area (TPSA) is 52.6 Å². The molecule has 0 radical (unpaired) electrons. The highest BCUT2D eigenvalue weighted by Crippen LogP contribution is 2.28. The lowest BCUT2D eigenvalue weighted by Crippen LogP contribution is -2.17. The van der Waals surface area contributed by atoms with E-state index in [1.165, 1.54) is 6.07 Å². The van der Waals surface area contributed by atoms with Gasteiger partial charge in [-0.05, 0) is 37.5 Å². The molecule has 1 fully saturated rings. The maximum Gasteiger partial charge on any atom is 0.264 e. The van der Waals surface area contributed by atoms with Crippen LogP contribution >= 0.6 is 10.7 Å². The van der Waals surface area contributed by atoms with Crippen LogP contribution in [-0.4, -0.2) is 27.7 Å². The summed E-state index contributed by atoms with van der Waals surface area (Å²) in [6.07, 6.45) is 1.99. The molecule has 2 rings (SSSR count). The molecule has 0 bridgehead atoms. The van der Waals surface area contributed by atoms with Crippen molar-refractivity contribution in [2.45, 2.75) is 30.8 Å². The fraction of sp³-hybridized carbons (Fsp3) is 0.500. The summed E-state index contributed by atoms with van der Waals surface area (Å²) in [6, 6.07) is 4.92. The molecule has 1 aromatic carbocycles. The highest BCUT2D eigenvalue weighted by molar-refractivity contribution is 8.13. The highest BCUT2D eigenvalue weighted by atomic mass is 35.7. The summed E-state index contributed by atoms with van der Waals surface area (Å²) in [5, 5.41) is 0. The third-order valence-corrected chi connectivity index (χ3v) is 4.15. The van der Waals surface area contributed by atoms with Gasteiger partial charge in [0, 0.05) is 17.3 Å². The number of hydrogen-bond acceptors (Lipinski definition) is 4. The minimum atomic E-state index is -3.80. The summed E-state index contributed by atoms with van der Waals surface area (Å²) < 4.78 is 33.8. The number of rotatable bonds is 4. The van der Waals surface area contributed by atoms with E-state index < -0.39 is 9.05 Å². The van der Waals surface area contributed by atoms with Gasteiger partial charge in [0.05, 0.1) is 6.10 Å². The number of aryl methyl sites for hydroxylation is 1. The summed E-state index contributed by atoms with van der Waals surface area (Å²) >= 11 is 0. The predicted molar refractivity (Wildman–Crippen MR) is 68.7 cm³/mol. The first kappa shape index (κ1) is 13.6. The minimum Gasteiger partial charge on any atom is -0.489 e.